The van der Waals surface area contributed by atoms with Gasteiger partial charge < -0.3 is 4.74 Å². The predicted octanol–water partition coefficient (Wildman–Crippen LogP) is 4.39. The molecule has 0 saturated heterocycles. The molecule has 0 aromatic heterocycles. The number of rotatable bonds is 0. The summed E-state index contributed by atoms with van der Waals surface area (Å²) in [5.41, 5.74) is 5.54. The van der Waals surface area contributed by atoms with Crippen LogP contribution in [-0.4, -0.2) is 12.7 Å². The summed E-state index contributed by atoms with van der Waals surface area (Å²) in [6, 6.07) is 0. The van der Waals surface area contributed by atoms with E-state index in [1.165, 1.54) is 56.9 Å². The van der Waals surface area contributed by atoms with Crippen LogP contribution >= 0.6 is 0 Å². The fourth-order valence-electron chi connectivity index (χ4n) is 4.96. The van der Waals surface area contributed by atoms with Gasteiger partial charge in [0.1, 0.15) is 0 Å². The van der Waals surface area contributed by atoms with Gasteiger partial charge in [0.05, 0.1) is 12.7 Å². The Morgan fingerprint density at radius 3 is 3.11 bits per heavy atom. The Bertz CT molecular complexity index is 431. The van der Waals surface area contributed by atoms with Gasteiger partial charge in [-0.05, 0) is 73.0 Å². The molecule has 2 saturated carbocycles. The van der Waals surface area contributed by atoms with Crippen LogP contribution in [0.4, 0.5) is 0 Å². The molecule has 4 aliphatic rings. The number of hydrogen-bond donors (Lipinski definition) is 0. The Morgan fingerprint density at radius 1 is 1.22 bits per heavy atom. The van der Waals surface area contributed by atoms with E-state index in [4.69, 9.17) is 4.74 Å². The van der Waals surface area contributed by atoms with Crippen molar-refractivity contribution >= 4 is 0 Å². The highest BCUT2D eigenvalue weighted by Gasteiger charge is 2.49. The molecule has 4 rings (SSSR count). The van der Waals surface area contributed by atoms with E-state index < -0.39 is 0 Å². The number of ether oxygens (including phenoxy) is 1. The molecular formula is C17H24O. The van der Waals surface area contributed by atoms with Crippen molar-refractivity contribution in [3.8, 4) is 0 Å². The fourth-order valence-corrected chi connectivity index (χ4v) is 4.96. The van der Waals surface area contributed by atoms with Gasteiger partial charge in [0.25, 0.3) is 0 Å². The van der Waals surface area contributed by atoms with Crippen LogP contribution in [0.3, 0.4) is 0 Å². The molecule has 0 aromatic carbocycles. The summed E-state index contributed by atoms with van der Waals surface area (Å²) >= 11 is 0. The third kappa shape index (κ3) is 1.49. The van der Waals surface area contributed by atoms with Gasteiger partial charge in [-0.1, -0.05) is 19.4 Å². The van der Waals surface area contributed by atoms with Gasteiger partial charge in [-0.25, -0.2) is 0 Å². The second kappa shape index (κ2) is 3.96. The summed E-state index contributed by atoms with van der Waals surface area (Å²) in [5, 5.41) is 0. The minimum absolute atomic E-state index is 0.483. The molecule has 1 aliphatic heterocycles. The molecule has 0 aromatic rings. The summed E-state index contributed by atoms with van der Waals surface area (Å²) in [6.45, 7) is 3.41. The maximum atomic E-state index is 6.30. The Kier molecular flexibility index (Phi) is 2.49. The van der Waals surface area contributed by atoms with Crippen molar-refractivity contribution in [2.24, 2.45) is 11.3 Å². The molecule has 0 amide bonds. The Hall–Kier alpha value is -0.560. The molecule has 98 valence electrons. The average molecular weight is 244 g/mol. The van der Waals surface area contributed by atoms with Gasteiger partial charge in [-0.15, -0.1) is 0 Å². The Morgan fingerprint density at radius 2 is 2.17 bits per heavy atom. The SMILES string of the molecule is C[C@@]12CCC[C@H]1[C@@H]1OCC3=CCCCC3=C1CC2. The number of fused-ring (bicyclic) bond motifs is 4. The zero-order valence-corrected chi connectivity index (χ0v) is 11.5. The predicted molar refractivity (Wildman–Crippen MR) is 73.4 cm³/mol. The molecule has 2 fully saturated rings. The van der Waals surface area contributed by atoms with Crippen molar-refractivity contribution in [3.05, 3.63) is 22.8 Å². The van der Waals surface area contributed by atoms with Crippen molar-refractivity contribution in [3.63, 3.8) is 0 Å². The lowest BCUT2D eigenvalue weighted by atomic mass is 9.64. The van der Waals surface area contributed by atoms with Gasteiger partial charge >= 0.3 is 0 Å². The molecule has 1 nitrogen and oxygen atoms in total. The highest BCUT2D eigenvalue weighted by Crippen LogP contribution is 2.56. The molecule has 0 radical (unpaired) electrons. The van der Waals surface area contributed by atoms with E-state index in [-0.39, 0.29) is 0 Å². The van der Waals surface area contributed by atoms with Gasteiger partial charge in [-0.2, -0.15) is 0 Å². The molecule has 0 bridgehead atoms. The van der Waals surface area contributed by atoms with Gasteiger partial charge in [0.2, 0.25) is 0 Å². The van der Waals surface area contributed by atoms with E-state index in [0.717, 1.165) is 12.5 Å². The van der Waals surface area contributed by atoms with Crippen LogP contribution in [0.2, 0.25) is 0 Å². The first-order chi connectivity index (χ1) is 8.78. The lowest BCUT2D eigenvalue weighted by Crippen LogP contribution is -2.42. The summed E-state index contributed by atoms with van der Waals surface area (Å²) in [7, 11) is 0. The van der Waals surface area contributed by atoms with E-state index in [1.54, 1.807) is 11.1 Å². The van der Waals surface area contributed by atoms with Crippen molar-refractivity contribution in [1.82, 2.24) is 0 Å². The van der Waals surface area contributed by atoms with E-state index in [1.807, 2.05) is 0 Å². The maximum absolute atomic E-state index is 6.30. The molecule has 0 unspecified atom stereocenters. The first kappa shape index (κ1) is 11.3. The molecule has 0 spiro atoms. The minimum Gasteiger partial charge on any atom is -0.369 e. The number of hydrogen-bond acceptors (Lipinski definition) is 1. The second-order valence-corrected chi connectivity index (χ2v) is 7.01. The summed E-state index contributed by atoms with van der Waals surface area (Å²) in [6.07, 6.45) is 13.8. The molecule has 1 heteroatoms. The van der Waals surface area contributed by atoms with Gasteiger partial charge in [0.15, 0.2) is 0 Å². The van der Waals surface area contributed by atoms with Crippen LogP contribution in [0, 0.1) is 11.3 Å². The van der Waals surface area contributed by atoms with E-state index in [0.29, 0.717) is 11.5 Å². The largest absolute Gasteiger partial charge is 0.369 e. The monoisotopic (exact) mass is 244 g/mol. The number of allylic oxidation sites excluding steroid dienone is 1. The molecule has 1 heterocycles. The van der Waals surface area contributed by atoms with Crippen molar-refractivity contribution in [1.29, 1.82) is 0 Å². The highest BCUT2D eigenvalue weighted by atomic mass is 16.5. The molecule has 3 aliphatic carbocycles. The second-order valence-electron chi connectivity index (χ2n) is 7.01. The average Bonchev–Trinajstić information content (AvgIpc) is 2.80. The highest BCUT2D eigenvalue weighted by molar-refractivity contribution is 5.43. The standard InChI is InChI=1S/C17H24O/c1-17-9-4-7-15(17)16-14(8-10-17)13-6-3-2-5-12(13)11-18-16/h5,15-16H,2-4,6-11H2,1H3/t15-,16+,17-/m0/s1. The van der Waals surface area contributed by atoms with E-state index >= 15 is 0 Å². The van der Waals surface area contributed by atoms with Crippen LogP contribution in [-0.2, 0) is 4.74 Å². The minimum atomic E-state index is 0.483. The maximum Gasteiger partial charge on any atom is 0.0828 e. The summed E-state index contributed by atoms with van der Waals surface area (Å²) in [5.74, 6) is 0.817. The topological polar surface area (TPSA) is 9.23 Å². The summed E-state index contributed by atoms with van der Waals surface area (Å²) < 4.78 is 6.30. The van der Waals surface area contributed by atoms with Crippen molar-refractivity contribution in [2.45, 2.75) is 64.4 Å². The first-order valence-corrected chi connectivity index (χ1v) is 7.81. The van der Waals surface area contributed by atoms with Crippen LogP contribution in [0.1, 0.15) is 58.3 Å². The Balaban J connectivity index is 1.75. The lowest BCUT2D eigenvalue weighted by Gasteiger charge is -2.46. The third-order valence-corrected chi connectivity index (χ3v) is 6.05. The quantitative estimate of drug-likeness (QED) is 0.614. The Labute approximate surface area is 110 Å². The van der Waals surface area contributed by atoms with Crippen LogP contribution in [0.5, 0.6) is 0 Å². The molecule has 0 N–H and O–H groups in total. The molecule has 18 heavy (non-hydrogen) atoms. The zero-order chi connectivity index (χ0) is 12.2. The summed E-state index contributed by atoms with van der Waals surface area (Å²) in [4.78, 5) is 0. The zero-order valence-electron chi connectivity index (χ0n) is 11.5. The van der Waals surface area contributed by atoms with Gasteiger partial charge in [0, 0.05) is 0 Å². The van der Waals surface area contributed by atoms with Crippen molar-refractivity contribution in [2.75, 3.05) is 6.61 Å². The fraction of sp³-hybridized carbons (Fsp3) is 0.765. The molecular weight excluding hydrogens is 220 g/mol. The third-order valence-electron chi connectivity index (χ3n) is 6.05. The normalized spacial score (nSPS) is 43.1. The molecule has 3 atom stereocenters. The van der Waals surface area contributed by atoms with Crippen LogP contribution in [0.15, 0.2) is 22.8 Å². The van der Waals surface area contributed by atoms with Crippen LogP contribution < -0.4 is 0 Å². The van der Waals surface area contributed by atoms with E-state index in [2.05, 4.69) is 13.0 Å². The van der Waals surface area contributed by atoms with Gasteiger partial charge in [-0.3, -0.25) is 0 Å². The first-order valence-electron chi connectivity index (χ1n) is 7.81. The van der Waals surface area contributed by atoms with E-state index in [9.17, 15) is 0 Å². The van der Waals surface area contributed by atoms with Crippen LogP contribution in [0.25, 0.3) is 0 Å². The lowest BCUT2D eigenvalue weighted by molar-refractivity contribution is -0.0184. The van der Waals surface area contributed by atoms with Crippen molar-refractivity contribution < 1.29 is 4.74 Å². The smallest absolute Gasteiger partial charge is 0.0828 e.